The largest absolute Gasteiger partial charge is 0.497 e. The molecule has 3 aromatic carbocycles. The minimum Gasteiger partial charge on any atom is -0.497 e. The fraction of sp³-hybridized carbons (Fsp3) is 0.323. The zero-order valence-corrected chi connectivity index (χ0v) is 23.7. The normalized spacial score (nSPS) is 11.4. The maximum absolute atomic E-state index is 13.8. The molecule has 4 rings (SSSR count). The van der Waals surface area contributed by atoms with Crippen LogP contribution < -0.4 is 4.74 Å². The predicted octanol–water partition coefficient (Wildman–Crippen LogP) is 7.21. The molecule has 200 valence electrons. The Hall–Kier alpha value is -2.99. The summed E-state index contributed by atoms with van der Waals surface area (Å²) in [5.74, 6) is 1.32. The van der Waals surface area contributed by atoms with Crippen LogP contribution in [0, 0.1) is 5.92 Å². The van der Waals surface area contributed by atoms with Crippen LogP contribution in [-0.2, 0) is 24.3 Å². The first-order valence-corrected chi connectivity index (χ1v) is 13.7. The highest BCUT2D eigenvalue weighted by Gasteiger charge is 2.20. The summed E-state index contributed by atoms with van der Waals surface area (Å²) in [6.07, 6.45) is 2.79. The van der Waals surface area contributed by atoms with Crippen molar-refractivity contribution >= 4 is 40.0 Å². The van der Waals surface area contributed by atoms with Crippen molar-refractivity contribution in [2.24, 2.45) is 5.92 Å². The standard InChI is InChI=1S/C31H35Cl2N3O2/c1-22(2)18-35(19-23-7-6-8-26(15-23)38-3)21-31(37)36(20-24-11-12-28(32)29(33)16-24)14-13-25-17-34-30-10-5-4-9-27(25)30/h4-12,15-17,22,34H,13-14,18-21H2,1-3H3. The molecule has 4 aromatic rings. The van der Waals surface area contributed by atoms with Gasteiger partial charge in [-0.15, -0.1) is 0 Å². The molecular weight excluding hydrogens is 517 g/mol. The number of nitrogens with one attached hydrogen (secondary N) is 1. The first kappa shape index (κ1) is 28.0. The number of aromatic amines is 1. The second kappa shape index (κ2) is 13.2. The SMILES string of the molecule is COc1cccc(CN(CC(=O)N(CCc2c[nH]c3ccccc23)Cc2ccc(Cl)c(Cl)c2)CC(C)C)c1. The first-order valence-electron chi connectivity index (χ1n) is 12.9. The van der Waals surface area contributed by atoms with E-state index in [0.29, 0.717) is 42.1 Å². The highest BCUT2D eigenvalue weighted by Crippen LogP contribution is 2.24. The lowest BCUT2D eigenvalue weighted by Gasteiger charge is -2.29. The summed E-state index contributed by atoms with van der Waals surface area (Å²) in [6, 6.07) is 21.8. The van der Waals surface area contributed by atoms with E-state index in [0.717, 1.165) is 35.4 Å². The van der Waals surface area contributed by atoms with Crippen LogP contribution in [-0.4, -0.2) is 47.4 Å². The van der Waals surface area contributed by atoms with Gasteiger partial charge in [0.25, 0.3) is 0 Å². The third-order valence-electron chi connectivity index (χ3n) is 6.56. The zero-order chi connectivity index (χ0) is 27.1. The molecule has 0 aliphatic rings. The molecule has 1 heterocycles. The fourth-order valence-electron chi connectivity index (χ4n) is 4.77. The number of aromatic nitrogens is 1. The van der Waals surface area contributed by atoms with E-state index in [2.05, 4.69) is 41.9 Å². The van der Waals surface area contributed by atoms with Crippen molar-refractivity contribution in [1.29, 1.82) is 0 Å². The molecule has 38 heavy (non-hydrogen) atoms. The minimum atomic E-state index is 0.0828. The number of nitrogens with zero attached hydrogens (tertiary/aromatic N) is 2. The predicted molar refractivity (Wildman–Crippen MR) is 157 cm³/mol. The Bertz CT molecular complexity index is 1370. The Morgan fingerprint density at radius 3 is 2.50 bits per heavy atom. The van der Waals surface area contributed by atoms with Crippen LogP contribution in [0.15, 0.2) is 72.9 Å². The Balaban J connectivity index is 1.53. The summed E-state index contributed by atoms with van der Waals surface area (Å²) in [6.45, 7) is 7.21. The molecule has 0 fully saturated rings. The average Bonchev–Trinajstić information content (AvgIpc) is 3.31. The topological polar surface area (TPSA) is 48.6 Å². The van der Waals surface area contributed by atoms with Gasteiger partial charge >= 0.3 is 0 Å². The lowest BCUT2D eigenvalue weighted by Crippen LogP contribution is -2.42. The molecule has 1 aromatic heterocycles. The average molecular weight is 553 g/mol. The van der Waals surface area contributed by atoms with Gasteiger partial charge in [0, 0.05) is 43.3 Å². The number of amides is 1. The number of methoxy groups -OCH3 is 1. The van der Waals surface area contributed by atoms with Crippen molar-refractivity contribution < 1.29 is 9.53 Å². The molecule has 0 bridgehead atoms. The summed E-state index contributed by atoms with van der Waals surface area (Å²) in [5, 5.41) is 2.19. The molecule has 0 unspecified atom stereocenters. The Morgan fingerprint density at radius 2 is 1.74 bits per heavy atom. The van der Waals surface area contributed by atoms with Crippen molar-refractivity contribution in [3.8, 4) is 5.75 Å². The second-order valence-corrected chi connectivity index (χ2v) is 10.9. The van der Waals surface area contributed by atoms with Crippen LogP contribution in [0.3, 0.4) is 0 Å². The van der Waals surface area contributed by atoms with Crippen molar-refractivity contribution in [1.82, 2.24) is 14.8 Å². The Morgan fingerprint density at radius 1 is 0.947 bits per heavy atom. The van der Waals surface area contributed by atoms with Gasteiger partial charge in [0.1, 0.15) is 5.75 Å². The molecule has 5 nitrogen and oxygen atoms in total. The first-order chi connectivity index (χ1) is 18.3. The van der Waals surface area contributed by atoms with Crippen molar-refractivity contribution in [3.05, 3.63) is 99.7 Å². The molecule has 0 aliphatic heterocycles. The summed E-state index contributed by atoms with van der Waals surface area (Å²) in [4.78, 5) is 21.3. The molecule has 1 N–H and O–H groups in total. The third kappa shape index (κ3) is 7.53. The van der Waals surface area contributed by atoms with Gasteiger partial charge in [-0.2, -0.15) is 0 Å². The van der Waals surface area contributed by atoms with Gasteiger partial charge in [0.05, 0.1) is 23.7 Å². The fourth-order valence-corrected chi connectivity index (χ4v) is 5.09. The van der Waals surface area contributed by atoms with Crippen LogP contribution in [0.2, 0.25) is 10.0 Å². The number of rotatable bonds is 12. The Labute approximate surface area is 235 Å². The highest BCUT2D eigenvalue weighted by molar-refractivity contribution is 6.42. The van der Waals surface area contributed by atoms with Crippen LogP contribution in [0.4, 0.5) is 0 Å². The smallest absolute Gasteiger partial charge is 0.237 e. The number of hydrogen-bond acceptors (Lipinski definition) is 3. The van der Waals surface area contributed by atoms with Crippen molar-refractivity contribution in [2.45, 2.75) is 33.4 Å². The zero-order valence-electron chi connectivity index (χ0n) is 22.2. The number of carbonyl (C=O) groups excluding carboxylic acids is 1. The lowest BCUT2D eigenvalue weighted by atomic mass is 10.1. The van der Waals surface area contributed by atoms with Crippen molar-refractivity contribution in [2.75, 3.05) is 26.7 Å². The molecule has 0 atom stereocenters. The maximum atomic E-state index is 13.8. The maximum Gasteiger partial charge on any atom is 0.237 e. The van der Waals surface area contributed by atoms with E-state index < -0.39 is 0 Å². The van der Waals surface area contributed by atoms with Gasteiger partial charge in [-0.3, -0.25) is 9.69 Å². The van der Waals surface area contributed by atoms with Gasteiger partial charge in [-0.25, -0.2) is 0 Å². The molecule has 0 saturated heterocycles. The summed E-state index contributed by atoms with van der Waals surface area (Å²) < 4.78 is 5.40. The lowest BCUT2D eigenvalue weighted by molar-refractivity contribution is -0.133. The van der Waals surface area contributed by atoms with Crippen LogP contribution in [0.5, 0.6) is 5.75 Å². The highest BCUT2D eigenvalue weighted by atomic mass is 35.5. The van der Waals surface area contributed by atoms with E-state index in [4.69, 9.17) is 27.9 Å². The van der Waals surface area contributed by atoms with E-state index in [-0.39, 0.29) is 5.91 Å². The molecular formula is C31H35Cl2N3O2. The van der Waals surface area contributed by atoms with Gasteiger partial charge in [0.2, 0.25) is 5.91 Å². The molecule has 1 amide bonds. The van der Waals surface area contributed by atoms with Gasteiger partial charge < -0.3 is 14.6 Å². The number of para-hydroxylation sites is 1. The number of fused-ring (bicyclic) bond motifs is 1. The van der Waals surface area contributed by atoms with E-state index >= 15 is 0 Å². The minimum absolute atomic E-state index is 0.0828. The number of H-pyrrole nitrogens is 1. The number of hydrogen-bond donors (Lipinski definition) is 1. The molecule has 0 spiro atoms. The number of carbonyl (C=O) groups is 1. The summed E-state index contributed by atoms with van der Waals surface area (Å²) >= 11 is 12.4. The van der Waals surface area contributed by atoms with Gasteiger partial charge in [0.15, 0.2) is 0 Å². The Kier molecular flexibility index (Phi) is 9.73. The van der Waals surface area contributed by atoms with E-state index in [1.54, 1.807) is 13.2 Å². The molecule has 0 saturated carbocycles. The quantitative estimate of drug-likeness (QED) is 0.202. The molecule has 7 heteroatoms. The van der Waals surface area contributed by atoms with E-state index in [9.17, 15) is 4.79 Å². The number of benzene rings is 3. The molecule has 0 aliphatic carbocycles. The summed E-state index contributed by atoms with van der Waals surface area (Å²) in [5.41, 5.74) is 4.37. The van der Waals surface area contributed by atoms with E-state index in [1.165, 1.54) is 10.9 Å². The second-order valence-electron chi connectivity index (χ2n) is 10.1. The number of halogens is 2. The monoisotopic (exact) mass is 551 g/mol. The summed E-state index contributed by atoms with van der Waals surface area (Å²) in [7, 11) is 1.67. The van der Waals surface area contributed by atoms with Crippen LogP contribution >= 0.6 is 23.2 Å². The van der Waals surface area contributed by atoms with Gasteiger partial charge in [-0.05, 0) is 59.4 Å². The van der Waals surface area contributed by atoms with Crippen molar-refractivity contribution in [3.63, 3.8) is 0 Å². The number of ether oxygens (including phenoxy) is 1. The van der Waals surface area contributed by atoms with Crippen LogP contribution in [0.1, 0.15) is 30.5 Å². The van der Waals surface area contributed by atoms with Gasteiger partial charge in [-0.1, -0.05) is 73.4 Å². The van der Waals surface area contributed by atoms with Crippen LogP contribution in [0.25, 0.3) is 10.9 Å². The third-order valence-corrected chi connectivity index (χ3v) is 7.30. The molecule has 0 radical (unpaired) electrons. The van der Waals surface area contributed by atoms with E-state index in [1.807, 2.05) is 53.6 Å².